The summed E-state index contributed by atoms with van der Waals surface area (Å²) >= 11 is 0. The maximum Gasteiger partial charge on any atom is 0.338 e. The van der Waals surface area contributed by atoms with Gasteiger partial charge in [-0.2, -0.15) is 0 Å². The molecule has 1 amide bonds. The molecular formula is C13H20N2O4. The fourth-order valence-electron chi connectivity index (χ4n) is 1.74. The van der Waals surface area contributed by atoms with Crippen LogP contribution in [0, 0.1) is 0 Å². The van der Waals surface area contributed by atoms with Gasteiger partial charge in [-0.1, -0.05) is 0 Å². The molecule has 2 N–H and O–H groups in total. The molecule has 6 nitrogen and oxygen atoms in total. The first-order valence-corrected chi connectivity index (χ1v) is 6.32. The van der Waals surface area contributed by atoms with Gasteiger partial charge in [-0.05, 0) is 26.8 Å². The zero-order chi connectivity index (χ0) is 14.4. The highest BCUT2D eigenvalue weighted by molar-refractivity contribution is 5.87. The number of aromatic carboxylic acids is 1. The molecule has 0 fully saturated rings. The quantitative estimate of drug-likeness (QED) is 0.779. The van der Waals surface area contributed by atoms with Crippen molar-refractivity contribution in [2.75, 3.05) is 13.1 Å². The zero-order valence-electron chi connectivity index (χ0n) is 11.5. The molecule has 0 aromatic carbocycles. The van der Waals surface area contributed by atoms with Crippen LogP contribution in [0.15, 0.2) is 16.7 Å². The van der Waals surface area contributed by atoms with Gasteiger partial charge in [0, 0.05) is 13.1 Å². The Kier molecular flexibility index (Phi) is 5.57. The number of furan rings is 1. The summed E-state index contributed by atoms with van der Waals surface area (Å²) < 4.78 is 5.10. The number of carbonyl (C=O) groups excluding carboxylic acids is 1. The van der Waals surface area contributed by atoms with Crippen molar-refractivity contribution in [1.82, 2.24) is 10.2 Å². The van der Waals surface area contributed by atoms with Crippen LogP contribution in [0.4, 0.5) is 0 Å². The molecule has 0 radical (unpaired) electrons. The average Bonchev–Trinajstić information content (AvgIpc) is 2.86. The van der Waals surface area contributed by atoms with Gasteiger partial charge >= 0.3 is 5.97 Å². The lowest BCUT2D eigenvalue weighted by molar-refractivity contribution is -0.132. The van der Waals surface area contributed by atoms with Crippen molar-refractivity contribution in [2.45, 2.75) is 33.4 Å². The number of rotatable bonds is 7. The van der Waals surface area contributed by atoms with Crippen LogP contribution in [0.2, 0.25) is 0 Å². The number of nitrogens with one attached hydrogen (secondary N) is 1. The molecule has 1 aromatic rings. The molecule has 106 valence electrons. The van der Waals surface area contributed by atoms with E-state index in [9.17, 15) is 9.59 Å². The van der Waals surface area contributed by atoms with Gasteiger partial charge in [0.1, 0.15) is 12.0 Å². The van der Waals surface area contributed by atoms with E-state index in [0.29, 0.717) is 25.4 Å². The van der Waals surface area contributed by atoms with Crippen molar-refractivity contribution in [3.63, 3.8) is 0 Å². The van der Waals surface area contributed by atoms with E-state index >= 15 is 0 Å². The van der Waals surface area contributed by atoms with Crippen LogP contribution < -0.4 is 5.32 Å². The molecule has 0 aliphatic carbocycles. The van der Waals surface area contributed by atoms with Crippen molar-refractivity contribution in [1.29, 1.82) is 0 Å². The van der Waals surface area contributed by atoms with Gasteiger partial charge in [-0.15, -0.1) is 0 Å². The number of likely N-dealkylation sites (N-methyl/N-ethyl adjacent to an activating group) is 1. The average molecular weight is 268 g/mol. The van der Waals surface area contributed by atoms with Crippen molar-refractivity contribution in [2.24, 2.45) is 0 Å². The number of carbonyl (C=O) groups is 2. The Labute approximate surface area is 112 Å². The second-order valence-corrected chi connectivity index (χ2v) is 4.22. The molecule has 1 unspecified atom stereocenters. The van der Waals surface area contributed by atoms with E-state index in [1.54, 1.807) is 11.8 Å². The van der Waals surface area contributed by atoms with E-state index in [4.69, 9.17) is 9.52 Å². The Hall–Kier alpha value is -1.82. The second kappa shape index (κ2) is 6.94. The summed E-state index contributed by atoms with van der Waals surface area (Å²) in [7, 11) is 0. The Morgan fingerprint density at radius 1 is 1.42 bits per heavy atom. The molecule has 0 saturated carbocycles. The predicted octanol–water partition coefficient (Wildman–Crippen LogP) is 1.32. The minimum atomic E-state index is -1.03. The summed E-state index contributed by atoms with van der Waals surface area (Å²) in [6, 6.07) is 1.11. The van der Waals surface area contributed by atoms with Crippen LogP contribution in [0.5, 0.6) is 0 Å². The fraction of sp³-hybridized carbons (Fsp3) is 0.538. The van der Waals surface area contributed by atoms with E-state index in [2.05, 4.69) is 5.32 Å². The topological polar surface area (TPSA) is 82.8 Å². The van der Waals surface area contributed by atoms with Crippen LogP contribution >= 0.6 is 0 Å². The molecule has 0 aliphatic heterocycles. The molecule has 1 rings (SSSR count). The highest BCUT2D eigenvalue weighted by Crippen LogP contribution is 2.08. The van der Waals surface area contributed by atoms with Gasteiger partial charge in [0.05, 0.1) is 18.2 Å². The Balaban J connectivity index is 2.51. The number of hydrogen-bond acceptors (Lipinski definition) is 4. The van der Waals surface area contributed by atoms with Crippen LogP contribution in [0.25, 0.3) is 0 Å². The number of carboxylic acids is 1. The first-order chi connectivity index (χ1) is 8.99. The zero-order valence-corrected chi connectivity index (χ0v) is 11.5. The van der Waals surface area contributed by atoms with Gasteiger partial charge in [0.2, 0.25) is 5.91 Å². The van der Waals surface area contributed by atoms with Crippen LogP contribution in [-0.2, 0) is 11.3 Å². The normalized spacial score (nSPS) is 12.2. The Bertz CT molecular complexity index is 438. The van der Waals surface area contributed by atoms with Gasteiger partial charge in [-0.25, -0.2) is 4.79 Å². The Morgan fingerprint density at radius 3 is 2.53 bits per heavy atom. The molecule has 0 aliphatic rings. The largest absolute Gasteiger partial charge is 0.478 e. The Morgan fingerprint density at radius 2 is 2.05 bits per heavy atom. The van der Waals surface area contributed by atoms with Crippen molar-refractivity contribution < 1.29 is 19.1 Å². The SMILES string of the molecule is CCN(CC)C(=O)C(C)NCc1cc(C(=O)O)co1. The smallest absolute Gasteiger partial charge is 0.338 e. The molecular weight excluding hydrogens is 248 g/mol. The van der Waals surface area contributed by atoms with E-state index in [1.165, 1.54) is 12.3 Å². The van der Waals surface area contributed by atoms with Gasteiger partial charge in [0.25, 0.3) is 0 Å². The van der Waals surface area contributed by atoms with Crippen LogP contribution in [0.1, 0.15) is 36.9 Å². The number of amides is 1. The summed E-state index contributed by atoms with van der Waals surface area (Å²) in [5.74, 6) is -0.506. The molecule has 0 bridgehead atoms. The number of hydrogen-bond donors (Lipinski definition) is 2. The van der Waals surface area contributed by atoms with Crippen molar-refractivity contribution >= 4 is 11.9 Å². The third kappa shape index (κ3) is 4.10. The molecule has 1 heterocycles. The lowest BCUT2D eigenvalue weighted by Crippen LogP contribution is -2.44. The lowest BCUT2D eigenvalue weighted by Gasteiger charge is -2.23. The maximum absolute atomic E-state index is 12.0. The van der Waals surface area contributed by atoms with Gasteiger partial charge in [0.15, 0.2) is 0 Å². The van der Waals surface area contributed by atoms with Crippen molar-refractivity contribution in [3.05, 3.63) is 23.7 Å². The minimum Gasteiger partial charge on any atom is -0.478 e. The maximum atomic E-state index is 12.0. The first kappa shape index (κ1) is 15.2. The van der Waals surface area contributed by atoms with Crippen LogP contribution in [0.3, 0.4) is 0 Å². The highest BCUT2D eigenvalue weighted by Gasteiger charge is 2.18. The van der Waals surface area contributed by atoms with Gasteiger partial charge in [-0.3, -0.25) is 10.1 Å². The van der Waals surface area contributed by atoms with E-state index in [0.717, 1.165) is 0 Å². The predicted molar refractivity (Wildman–Crippen MR) is 69.9 cm³/mol. The first-order valence-electron chi connectivity index (χ1n) is 6.32. The van der Waals surface area contributed by atoms with Crippen molar-refractivity contribution in [3.8, 4) is 0 Å². The van der Waals surface area contributed by atoms with Gasteiger partial charge < -0.3 is 14.4 Å². The number of carboxylic acid groups (broad SMARTS) is 1. The summed E-state index contributed by atoms with van der Waals surface area (Å²) in [5.41, 5.74) is 0.111. The molecule has 0 spiro atoms. The standard InChI is InChI=1S/C13H20N2O4/c1-4-15(5-2)12(16)9(3)14-7-11-6-10(8-19-11)13(17)18/h6,8-9,14H,4-5,7H2,1-3H3,(H,17,18). The minimum absolute atomic E-state index is 0.0232. The summed E-state index contributed by atoms with van der Waals surface area (Å²) in [5, 5.41) is 11.8. The van der Waals surface area contributed by atoms with E-state index < -0.39 is 5.97 Å². The molecule has 0 saturated heterocycles. The monoisotopic (exact) mass is 268 g/mol. The molecule has 19 heavy (non-hydrogen) atoms. The number of nitrogens with zero attached hydrogens (tertiary/aromatic N) is 1. The second-order valence-electron chi connectivity index (χ2n) is 4.22. The summed E-state index contributed by atoms with van der Waals surface area (Å²) in [4.78, 5) is 24.4. The van der Waals surface area contributed by atoms with Crippen LogP contribution in [-0.4, -0.2) is 41.0 Å². The van der Waals surface area contributed by atoms with E-state index in [-0.39, 0.29) is 17.5 Å². The molecule has 1 atom stereocenters. The summed E-state index contributed by atoms with van der Waals surface area (Å²) in [6.45, 7) is 7.30. The molecule has 6 heteroatoms. The third-order valence-corrected chi connectivity index (χ3v) is 2.93. The summed E-state index contributed by atoms with van der Waals surface area (Å²) in [6.07, 6.45) is 1.19. The lowest BCUT2D eigenvalue weighted by atomic mass is 10.2. The molecule has 1 aromatic heterocycles. The fourth-order valence-corrected chi connectivity index (χ4v) is 1.74. The van der Waals surface area contributed by atoms with E-state index in [1.807, 2.05) is 13.8 Å². The highest BCUT2D eigenvalue weighted by atomic mass is 16.4. The third-order valence-electron chi connectivity index (χ3n) is 2.93.